The van der Waals surface area contributed by atoms with Crippen LogP contribution in [0.4, 0.5) is 26.3 Å². The summed E-state index contributed by atoms with van der Waals surface area (Å²) in [7, 11) is 0. The molecule has 0 N–H and O–H groups in total. The lowest BCUT2D eigenvalue weighted by Crippen LogP contribution is -2.07. The third kappa shape index (κ3) is 7.58. The Balaban J connectivity index is 1.38. The molecule has 0 saturated carbocycles. The van der Waals surface area contributed by atoms with Gasteiger partial charge in [-0.2, -0.15) is 26.3 Å². The van der Waals surface area contributed by atoms with Gasteiger partial charge in [-0.05, 0) is 121 Å². The van der Waals surface area contributed by atoms with Gasteiger partial charge >= 0.3 is 12.4 Å². The fourth-order valence-electron chi connectivity index (χ4n) is 7.74. The van der Waals surface area contributed by atoms with Crippen LogP contribution < -0.4 is 0 Å². The third-order valence-electron chi connectivity index (χ3n) is 10.7. The molecular weight excluding hydrogens is 739 g/mol. The van der Waals surface area contributed by atoms with Gasteiger partial charge in [-0.15, -0.1) is 0 Å². The van der Waals surface area contributed by atoms with Gasteiger partial charge in [0.2, 0.25) is 0 Å². The van der Waals surface area contributed by atoms with Crippen molar-refractivity contribution in [2.45, 2.75) is 26.2 Å². The van der Waals surface area contributed by atoms with E-state index in [0.29, 0.717) is 22.3 Å². The van der Waals surface area contributed by atoms with Crippen LogP contribution in [-0.4, -0.2) is 0 Å². The topological polar surface area (TPSA) is 0 Å². The van der Waals surface area contributed by atoms with Crippen molar-refractivity contribution in [3.8, 4) is 77.9 Å². The normalized spacial score (nSPS) is 11.8. The van der Waals surface area contributed by atoms with Crippen molar-refractivity contribution in [2.75, 3.05) is 0 Å². The molecule has 8 rings (SSSR count). The number of alkyl halides is 6. The lowest BCUT2D eigenvalue weighted by molar-refractivity contribution is -0.138. The molecule has 286 valence electrons. The Kier molecular flexibility index (Phi) is 10.1. The first-order valence-electron chi connectivity index (χ1n) is 18.8. The minimum Gasteiger partial charge on any atom is -0.166 e. The summed E-state index contributed by atoms with van der Waals surface area (Å²) >= 11 is 0. The molecule has 0 radical (unpaired) electrons. The molecule has 8 aromatic rings. The average molecular weight is 775 g/mol. The molecule has 0 unspecified atom stereocenters. The van der Waals surface area contributed by atoms with Crippen molar-refractivity contribution in [2.24, 2.45) is 0 Å². The zero-order valence-corrected chi connectivity index (χ0v) is 31.6. The van der Waals surface area contributed by atoms with Gasteiger partial charge in [0.25, 0.3) is 0 Å². The van der Waals surface area contributed by atoms with E-state index >= 15 is 0 Å². The summed E-state index contributed by atoms with van der Waals surface area (Å²) in [5.74, 6) is 0. The molecule has 8 aromatic carbocycles. The first-order valence-corrected chi connectivity index (χ1v) is 18.8. The van der Waals surface area contributed by atoms with E-state index < -0.39 is 23.5 Å². The molecule has 0 saturated heterocycles. The number of hydrogen-bond acceptors (Lipinski definition) is 0. The molecule has 0 aliphatic heterocycles. The quantitative estimate of drug-likeness (QED) is 0.142. The molecule has 58 heavy (non-hydrogen) atoms. The average Bonchev–Trinajstić information content (AvgIpc) is 3.23. The van der Waals surface area contributed by atoms with E-state index in [1.54, 1.807) is 12.1 Å². The largest absolute Gasteiger partial charge is 0.416 e. The van der Waals surface area contributed by atoms with Gasteiger partial charge in [0.15, 0.2) is 0 Å². The second kappa shape index (κ2) is 15.4. The Labute approximate surface area is 333 Å². The Hall–Kier alpha value is -6.66. The Morgan fingerprint density at radius 3 is 0.966 bits per heavy atom. The van der Waals surface area contributed by atoms with Gasteiger partial charge in [0.1, 0.15) is 0 Å². The van der Waals surface area contributed by atoms with E-state index in [0.717, 1.165) is 55.6 Å². The minimum atomic E-state index is -4.47. The minimum absolute atomic E-state index is 0.168. The van der Waals surface area contributed by atoms with Crippen molar-refractivity contribution in [1.82, 2.24) is 0 Å². The first-order chi connectivity index (χ1) is 27.9. The molecule has 0 aliphatic rings. The van der Waals surface area contributed by atoms with E-state index in [4.69, 9.17) is 0 Å². The second-order valence-corrected chi connectivity index (χ2v) is 14.4. The van der Waals surface area contributed by atoms with Crippen LogP contribution in [0.3, 0.4) is 0 Å². The zero-order chi connectivity index (χ0) is 40.6. The SMILES string of the molecule is Cc1ccc(-c2ccc(-c3cc(-c4ccccc4)c(-c4ccc(-c5ccc(C)c(C(F)(F)F)c5)cc4)c(-c4ccccc4)c3-c3ccccc3)cc2)cc1C(F)(F)F. The summed E-state index contributed by atoms with van der Waals surface area (Å²) in [5, 5.41) is 0. The summed E-state index contributed by atoms with van der Waals surface area (Å²) in [6.07, 6.45) is -8.94. The molecule has 0 bridgehead atoms. The van der Waals surface area contributed by atoms with E-state index in [9.17, 15) is 26.3 Å². The van der Waals surface area contributed by atoms with Gasteiger partial charge in [0.05, 0.1) is 11.1 Å². The van der Waals surface area contributed by atoms with Gasteiger partial charge < -0.3 is 0 Å². The summed E-state index contributed by atoms with van der Waals surface area (Å²) < 4.78 is 83.3. The summed E-state index contributed by atoms with van der Waals surface area (Å²) in [6.45, 7) is 2.93. The Morgan fingerprint density at radius 1 is 0.276 bits per heavy atom. The maximum absolute atomic E-state index is 13.9. The van der Waals surface area contributed by atoms with Gasteiger partial charge in [0, 0.05) is 0 Å². The summed E-state index contributed by atoms with van der Waals surface area (Å²) in [6, 6.07) is 56.5. The highest BCUT2D eigenvalue weighted by Gasteiger charge is 2.33. The monoisotopic (exact) mass is 774 g/mol. The van der Waals surface area contributed by atoms with Crippen LogP contribution in [0.15, 0.2) is 182 Å². The molecule has 0 spiro atoms. The predicted molar refractivity (Wildman–Crippen MR) is 224 cm³/mol. The second-order valence-electron chi connectivity index (χ2n) is 14.4. The molecule has 0 aliphatic carbocycles. The number of hydrogen-bond donors (Lipinski definition) is 0. The molecule has 0 nitrogen and oxygen atoms in total. The van der Waals surface area contributed by atoms with E-state index in [-0.39, 0.29) is 11.1 Å². The van der Waals surface area contributed by atoms with E-state index in [1.807, 2.05) is 103 Å². The zero-order valence-electron chi connectivity index (χ0n) is 31.6. The molecule has 0 atom stereocenters. The molecule has 0 aromatic heterocycles. The van der Waals surface area contributed by atoms with Crippen LogP contribution in [0.25, 0.3) is 77.9 Å². The van der Waals surface area contributed by atoms with Crippen molar-refractivity contribution in [3.63, 3.8) is 0 Å². The van der Waals surface area contributed by atoms with Crippen molar-refractivity contribution >= 4 is 0 Å². The van der Waals surface area contributed by atoms with Crippen LogP contribution >= 0.6 is 0 Å². The highest BCUT2D eigenvalue weighted by molar-refractivity contribution is 6.07. The predicted octanol–water partition coefficient (Wildman–Crippen LogP) is 16.0. The summed E-state index contributed by atoms with van der Waals surface area (Å²) in [4.78, 5) is 0. The highest BCUT2D eigenvalue weighted by atomic mass is 19.4. The van der Waals surface area contributed by atoms with Gasteiger partial charge in [-0.3, -0.25) is 0 Å². The standard InChI is InChI=1S/C52H36F6/c1-33-18-20-42(30-46(33)51(53,54)55)35-22-26-38(27-23-35)45-32-44(37-12-6-3-7-13-37)49(50(40-16-10-5-11-17-40)48(45)39-14-8-4-9-15-39)41-28-24-36(25-29-41)43-21-19-34(2)47(31-43)52(56,57)58/h3-32H,1-2H3. The summed E-state index contributed by atoms with van der Waals surface area (Å²) in [5.41, 5.74) is 10.7. The maximum Gasteiger partial charge on any atom is 0.416 e. The lowest BCUT2D eigenvalue weighted by atomic mass is 9.78. The molecular formula is C52H36F6. The smallest absolute Gasteiger partial charge is 0.166 e. The van der Waals surface area contributed by atoms with Crippen molar-refractivity contribution in [1.29, 1.82) is 0 Å². The number of rotatable bonds is 7. The van der Waals surface area contributed by atoms with Crippen molar-refractivity contribution < 1.29 is 26.3 Å². The first kappa shape index (κ1) is 38.2. The van der Waals surface area contributed by atoms with Gasteiger partial charge in [-0.1, -0.05) is 164 Å². The van der Waals surface area contributed by atoms with E-state index in [1.165, 1.54) is 38.1 Å². The fourth-order valence-corrected chi connectivity index (χ4v) is 7.74. The van der Waals surface area contributed by atoms with Gasteiger partial charge in [-0.25, -0.2) is 0 Å². The molecule has 6 heteroatoms. The fraction of sp³-hybridized carbons (Fsp3) is 0.0769. The molecule has 0 heterocycles. The van der Waals surface area contributed by atoms with Crippen LogP contribution in [0.1, 0.15) is 22.3 Å². The van der Waals surface area contributed by atoms with Crippen LogP contribution in [0.2, 0.25) is 0 Å². The third-order valence-corrected chi connectivity index (χ3v) is 10.7. The van der Waals surface area contributed by atoms with Crippen LogP contribution in [-0.2, 0) is 12.4 Å². The van der Waals surface area contributed by atoms with E-state index in [2.05, 4.69) is 42.5 Å². The molecule has 0 amide bonds. The van der Waals surface area contributed by atoms with Crippen LogP contribution in [0, 0.1) is 13.8 Å². The highest BCUT2D eigenvalue weighted by Crippen LogP contribution is 2.51. The lowest BCUT2D eigenvalue weighted by Gasteiger charge is -2.24. The maximum atomic E-state index is 13.9. The number of benzene rings is 8. The molecule has 0 fully saturated rings. The Bertz CT molecular complexity index is 2710. The number of halogens is 6. The Morgan fingerprint density at radius 2 is 0.569 bits per heavy atom. The van der Waals surface area contributed by atoms with Crippen LogP contribution in [0.5, 0.6) is 0 Å². The number of aryl methyl sites for hydroxylation is 2. The van der Waals surface area contributed by atoms with Crippen molar-refractivity contribution in [3.05, 3.63) is 204 Å².